The van der Waals surface area contributed by atoms with Crippen molar-refractivity contribution in [3.63, 3.8) is 0 Å². The molecule has 0 unspecified atom stereocenters. The Morgan fingerprint density at radius 3 is 2.24 bits per heavy atom. The van der Waals surface area contributed by atoms with Gasteiger partial charge < -0.3 is 19.5 Å². The van der Waals surface area contributed by atoms with E-state index in [0.717, 1.165) is 5.69 Å². The number of methoxy groups -OCH3 is 2. The number of anilines is 3. The van der Waals surface area contributed by atoms with Crippen LogP contribution in [0.15, 0.2) is 36.5 Å². The maximum Gasteiger partial charge on any atom is 0.412 e. The summed E-state index contributed by atoms with van der Waals surface area (Å²) >= 11 is 0. The number of amides is 1. The number of rotatable bonds is 5. The minimum absolute atomic E-state index is 0.519. The van der Waals surface area contributed by atoms with Crippen molar-refractivity contribution in [3.8, 4) is 11.5 Å². The molecule has 1 aromatic heterocycles. The summed E-state index contributed by atoms with van der Waals surface area (Å²) in [6, 6.07) is 8.96. The smallest absolute Gasteiger partial charge is 0.412 e. The van der Waals surface area contributed by atoms with Gasteiger partial charge in [-0.15, -0.1) is 0 Å². The Hall–Kier alpha value is -2.96. The molecule has 7 nitrogen and oxygen atoms in total. The van der Waals surface area contributed by atoms with E-state index in [1.807, 2.05) is 12.1 Å². The number of hydrogen-bond donors (Lipinski definition) is 2. The molecule has 2 N–H and O–H groups in total. The van der Waals surface area contributed by atoms with E-state index >= 15 is 0 Å². The first kappa shape index (κ1) is 18.4. The summed E-state index contributed by atoms with van der Waals surface area (Å²) in [5, 5.41) is 5.79. The van der Waals surface area contributed by atoms with E-state index in [-0.39, 0.29) is 0 Å². The van der Waals surface area contributed by atoms with Crippen molar-refractivity contribution in [3.05, 3.63) is 36.5 Å². The Balaban J connectivity index is 2.02. The highest BCUT2D eigenvalue weighted by atomic mass is 16.6. The van der Waals surface area contributed by atoms with E-state index in [9.17, 15) is 4.79 Å². The number of nitrogens with zero attached hydrogens (tertiary/aromatic N) is 1. The fourth-order valence-electron chi connectivity index (χ4n) is 2.03. The predicted octanol–water partition coefficient (Wildman–Crippen LogP) is 4.19. The molecule has 0 bridgehead atoms. The van der Waals surface area contributed by atoms with Crippen LogP contribution in [0.3, 0.4) is 0 Å². The minimum Gasteiger partial charge on any atom is -0.493 e. The number of benzene rings is 1. The fourth-order valence-corrected chi connectivity index (χ4v) is 2.03. The van der Waals surface area contributed by atoms with Crippen LogP contribution < -0.4 is 20.1 Å². The first-order valence-corrected chi connectivity index (χ1v) is 7.76. The summed E-state index contributed by atoms with van der Waals surface area (Å²) in [4.78, 5) is 16.0. The molecule has 1 heterocycles. The molecule has 1 aromatic carbocycles. The number of aromatic nitrogens is 1. The van der Waals surface area contributed by atoms with Crippen LogP contribution in [0.2, 0.25) is 0 Å². The number of hydrogen-bond acceptors (Lipinski definition) is 6. The average Bonchev–Trinajstić information content (AvgIpc) is 2.54. The molecule has 0 fully saturated rings. The van der Waals surface area contributed by atoms with E-state index in [1.165, 1.54) is 0 Å². The van der Waals surface area contributed by atoms with Gasteiger partial charge in [0.15, 0.2) is 11.5 Å². The quantitative estimate of drug-likeness (QED) is 0.845. The molecule has 0 spiro atoms. The summed E-state index contributed by atoms with van der Waals surface area (Å²) in [6.07, 6.45) is 1.03. The summed E-state index contributed by atoms with van der Waals surface area (Å²) in [7, 11) is 3.17. The molecular formula is C18H23N3O4. The molecule has 7 heteroatoms. The molecule has 0 radical (unpaired) electrons. The molecular weight excluding hydrogens is 322 g/mol. The van der Waals surface area contributed by atoms with E-state index in [1.54, 1.807) is 59.4 Å². The predicted molar refractivity (Wildman–Crippen MR) is 96.9 cm³/mol. The van der Waals surface area contributed by atoms with Gasteiger partial charge in [0.25, 0.3) is 0 Å². The Bertz CT molecular complexity index is 724. The molecule has 0 saturated carbocycles. The van der Waals surface area contributed by atoms with Crippen LogP contribution >= 0.6 is 0 Å². The van der Waals surface area contributed by atoms with Crippen LogP contribution in [0.25, 0.3) is 0 Å². The molecule has 0 aliphatic rings. The second-order valence-electron chi connectivity index (χ2n) is 6.25. The molecule has 2 rings (SSSR count). The second kappa shape index (κ2) is 7.74. The van der Waals surface area contributed by atoms with Crippen LogP contribution in [0.1, 0.15) is 20.8 Å². The summed E-state index contributed by atoms with van der Waals surface area (Å²) < 4.78 is 15.7. The van der Waals surface area contributed by atoms with E-state index in [0.29, 0.717) is 23.0 Å². The summed E-state index contributed by atoms with van der Waals surface area (Å²) in [5.41, 5.74) is 0.803. The zero-order valence-electron chi connectivity index (χ0n) is 15.0. The molecule has 25 heavy (non-hydrogen) atoms. The lowest BCUT2D eigenvalue weighted by Gasteiger charge is -2.19. The number of nitrogens with one attached hydrogen (secondary N) is 2. The normalized spacial score (nSPS) is 10.8. The van der Waals surface area contributed by atoms with Gasteiger partial charge in [0.05, 0.1) is 26.1 Å². The molecule has 0 atom stereocenters. The van der Waals surface area contributed by atoms with E-state index in [4.69, 9.17) is 14.2 Å². The Labute approximate surface area is 147 Å². The van der Waals surface area contributed by atoms with Gasteiger partial charge in [-0.1, -0.05) is 0 Å². The number of carbonyl (C=O) groups excluding carboxylic acids is 1. The SMILES string of the molecule is COc1ccc(Nc2ccc(NC(=O)OC(C)(C)C)cn2)cc1OC. The monoisotopic (exact) mass is 345 g/mol. The van der Waals surface area contributed by atoms with Crippen molar-refractivity contribution in [2.45, 2.75) is 26.4 Å². The summed E-state index contributed by atoms with van der Waals surface area (Å²) in [6.45, 7) is 5.42. The lowest BCUT2D eigenvalue weighted by Crippen LogP contribution is -2.27. The largest absolute Gasteiger partial charge is 0.493 e. The Morgan fingerprint density at radius 1 is 1.00 bits per heavy atom. The topological polar surface area (TPSA) is 81.7 Å². The van der Waals surface area contributed by atoms with Gasteiger partial charge in [-0.05, 0) is 45.0 Å². The third kappa shape index (κ3) is 5.56. The fraction of sp³-hybridized carbons (Fsp3) is 0.333. The van der Waals surface area contributed by atoms with Crippen molar-refractivity contribution in [2.75, 3.05) is 24.9 Å². The highest BCUT2D eigenvalue weighted by Gasteiger charge is 2.16. The van der Waals surface area contributed by atoms with Crippen LogP contribution in [0, 0.1) is 0 Å². The van der Waals surface area contributed by atoms with Crippen LogP contribution in [0.4, 0.5) is 22.0 Å². The lowest BCUT2D eigenvalue weighted by molar-refractivity contribution is 0.0636. The lowest BCUT2D eigenvalue weighted by atomic mass is 10.2. The maximum absolute atomic E-state index is 11.7. The molecule has 0 aliphatic carbocycles. The van der Waals surface area contributed by atoms with Crippen LogP contribution in [-0.2, 0) is 4.74 Å². The van der Waals surface area contributed by atoms with E-state index in [2.05, 4.69) is 15.6 Å². The highest BCUT2D eigenvalue weighted by Crippen LogP contribution is 2.30. The van der Waals surface area contributed by atoms with Gasteiger partial charge in [-0.2, -0.15) is 0 Å². The highest BCUT2D eigenvalue weighted by molar-refractivity contribution is 5.84. The van der Waals surface area contributed by atoms with Gasteiger partial charge in [-0.3, -0.25) is 5.32 Å². The van der Waals surface area contributed by atoms with Gasteiger partial charge in [0, 0.05) is 11.8 Å². The molecule has 134 valence electrons. The van der Waals surface area contributed by atoms with Crippen molar-refractivity contribution >= 4 is 23.3 Å². The maximum atomic E-state index is 11.7. The molecule has 0 saturated heterocycles. The first-order valence-electron chi connectivity index (χ1n) is 7.76. The standard InChI is InChI=1S/C18H23N3O4/c1-18(2,3)25-17(22)21-13-7-9-16(19-11-13)20-12-6-8-14(23-4)15(10-12)24-5/h6-11H,1-5H3,(H,19,20)(H,21,22). The minimum atomic E-state index is -0.549. The third-order valence-corrected chi connectivity index (χ3v) is 3.06. The van der Waals surface area contributed by atoms with Crippen molar-refractivity contribution in [1.29, 1.82) is 0 Å². The van der Waals surface area contributed by atoms with Crippen molar-refractivity contribution in [2.24, 2.45) is 0 Å². The Morgan fingerprint density at radius 2 is 1.68 bits per heavy atom. The van der Waals surface area contributed by atoms with Crippen LogP contribution in [-0.4, -0.2) is 30.9 Å². The average molecular weight is 345 g/mol. The Kier molecular flexibility index (Phi) is 5.69. The number of ether oxygens (including phenoxy) is 3. The van der Waals surface area contributed by atoms with Crippen molar-refractivity contribution < 1.29 is 19.0 Å². The molecule has 1 amide bonds. The molecule has 2 aromatic rings. The van der Waals surface area contributed by atoms with E-state index < -0.39 is 11.7 Å². The van der Waals surface area contributed by atoms with Crippen molar-refractivity contribution in [1.82, 2.24) is 4.98 Å². The second-order valence-corrected chi connectivity index (χ2v) is 6.25. The number of carbonyl (C=O) groups is 1. The van der Waals surface area contributed by atoms with Gasteiger partial charge in [-0.25, -0.2) is 9.78 Å². The third-order valence-electron chi connectivity index (χ3n) is 3.06. The molecule has 0 aliphatic heterocycles. The van der Waals surface area contributed by atoms with Gasteiger partial charge >= 0.3 is 6.09 Å². The van der Waals surface area contributed by atoms with Crippen LogP contribution in [0.5, 0.6) is 11.5 Å². The zero-order chi connectivity index (χ0) is 18.4. The number of pyridine rings is 1. The zero-order valence-corrected chi connectivity index (χ0v) is 15.0. The first-order chi connectivity index (χ1) is 11.8. The summed E-state index contributed by atoms with van der Waals surface area (Å²) in [5.74, 6) is 1.90. The van der Waals surface area contributed by atoms with Gasteiger partial charge in [0.2, 0.25) is 0 Å². The van der Waals surface area contributed by atoms with Gasteiger partial charge in [0.1, 0.15) is 11.4 Å².